The zero-order valence-electron chi connectivity index (χ0n) is 11.7. The van der Waals surface area contributed by atoms with Crippen molar-refractivity contribution in [1.82, 2.24) is 0 Å². The van der Waals surface area contributed by atoms with Crippen LogP contribution in [0.2, 0.25) is 0 Å². The molecule has 0 spiro atoms. The number of hydrogen-bond donors (Lipinski definition) is 1. The molecule has 108 valence electrons. The van der Waals surface area contributed by atoms with Crippen molar-refractivity contribution in [3.05, 3.63) is 58.1 Å². The smallest absolute Gasteiger partial charge is 0.258 e. The second-order valence-electron chi connectivity index (χ2n) is 5.32. The molecule has 0 bridgehead atoms. The molecule has 0 aromatic heterocycles. The lowest BCUT2D eigenvalue weighted by Crippen LogP contribution is -2.31. The Morgan fingerprint density at radius 1 is 1.14 bits per heavy atom. The van der Waals surface area contributed by atoms with Gasteiger partial charge in [-0.3, -0.25) is 4.79 Å². The summed E-state index contributed by atoms with van der Waals surface area (Å²) >= 11 is 3.40. The quantitative estimate of drug-likeness (QED) is 0.794. The topological polar surface area (TPSA) is 46.3 Å². The first-order chi connectivity index (χ1) is 10.1. The highest BCUT2D eigenvalue weighted by Gasteiger charge is 2.22. The summed E-state index contributed by atoms with van der Waals surface area (Å²) in [5.41, 5.74) is 9.34. The van der Waals surface area contributed by atoms with Crippen LogP contribution in [0.3, 0.4) is 0 Å². The first-order valence-electron chi connectivity index (χ1n) is 7.11. The number of hydrogen-bond acceptors (Lipinski definition) is 2. The minimum Gasteiger partial charge on any atom is -0.399 e. The molecule has 0 aliphatic carbocycles. The summed E-state index contributed by atoms with van der Waals surface area (Å²) in [7, 11) is 0. The number of carbonyl (C=O) groups is 1. The Bertz CT molecular complexity index is 664. The van der Waals surface area contributed by atoms with E-state index < -0.39 is 0 Å². The molecule has 0 radical (unpaired) electrons. The molecular weight excluding hydrogens is 328 g/mol. The molecule has 2 aromatic carbocycles. The molecule has 1 heterocycles. The number of nitrogen functional groups attached to an aromatic ring is 1. The van der Waals surface area contributed by atoms with Gasteiger partial charge in [-0.2, -0.15) is 0 Å². The summed E-state index contributed by atoms with van der Waals surface area (Å²) in [6, 6.07) is 13.5. The van der Waals surface area contributed by atoms with Crippen molar-refractivity contribution in [2.45, 2.75) is 19.3 Å². The van der Waals surface area contributed by atoms with Crippen LogP contribution >= 0.6 is 15.9 Å². The number of nitrogens with two attached hydrogens (primary N) is 1. The molecule has 1 amide bonds. The van der Waals surface area contributed by atoms with Gasteiger partial charge in [0.25, 0.3) is 5.91 Å². The average molecular weight is 345 g/mol. The summed E-state index contributed by atoms with van der Waals surface area (Å²) in [4.78, 5) is 14.7. The number of anilines is 2. The fourth-order valence-corrected chi connectivity index (χ4v) is 3.30. The van der Waals surface area contributed by atoms with Gasteiger partial charge in [0.05, 0.1) is 0 Å². The fourth-order valence-electron chi connectivity index (χ4n) is 2.79. The Labute approximate surface area is 132 Å². The van der Waals surface area contributed by atoms with Crippen molar-refractivity contribution >= 4 is 33.2 Å². The van der Waals surface area contributed by atoms with Gasteiger partial charge in [0.15, 0.2) is 0 Å². The number of benzene rings is 2. The van der Waals surface area contributed by atoms with Crippen LogP contribution in [0.4, 0.5) is 11.4 Å². The van der Waals surface area contributed by atoms with Gasteiger partial charge in [-0.1, -0.05) is 34.1 Å². The number of fused-ring (bicyclic) bond motifs is 1. The molecule has 0 fully saturated rings. The summed E-state index contributed by atoms with van der Waals surface area (Å²) in [5.74, 6) is 0.0114. The summed E-state index contributed by atoms with van der Waals surface area (Å²) < 4.78 is 0.828. The first kappa shape index (κ1) is 14.1. The van der Waals surface area contributed by atoms with Crippen molar-refractivity contribution in [3.8, 4) is 0 Å². The van der Waals surface area contributed by atoms with Crippen LogP contribution in [0.5, 0.6) is 0 Å². The van der Waals surface area contributed by atoms with E-state index in [9.17, 15) is 4.79 Å². The number of para-hydroxylation sites is 1. The molecule has 21 heavy (non-hydrogen) atoms. The highest BCUT2D eigenvalue weighted by Crippen LogP contribution is 2.28. The number of aryl methyl sites for hydroxylation is 1. The third kappa shape index (κ3) is 2.95. The normalized spacial score (nSPS) is 14.4. The summed E-state index contributed by atoms with van der Waals surface area (Å²) in [5, 5.41) is 0. The first-order valence-corrected chi connectivity index (χ1v) is 7.90. The van der Waals surface area contributed by atoms with Crippen LogP contribution in [-0.2, 0) is 6.42 Å². The van der Waals surface area contributed by atoms with E-state index in [1.165, 1.54) is 5.56 Å². The largest absolute Gasteiger partial charge is 0.399 e. The lowest BCUT2D eigenvalue weighted by molar-refractivity contribution is 0.0987. The van der Waals surface area contributed by atoms with Crippen molar-refractivity contribution in [3.63, 3.8) is 0 Å². The molecule has 2 N–H and O–H groups in total. The van der Waals surface area contributed by atoms with Gasteiger partial charge >= 0.3 is 0 Å². The molecule has 4 heteroatoms. The van der Waals surface area contributed by atoms with Crippen LogP contribution < -0.4 is 10.6 Å². The molecule has 3 rings (SSSR count). The molecule has 1 aliphatic heterocycles. The zero-order valence-corrected chi connectivity index (χ0v) is 13.3. The number of amides is 1. The van der Waals surface area contributed by atoms with Gasteiger partial charge < -0.3 is 10.6 Å². The van der Waals surface area contributed by atoms with E-state index in [4.69, 9.17) is 5.73 Å². The van der Waals surface area contributed by atoms with E-state index >= 15 is 0 Å². The summed E-state index contributed by atoms with van der Waals surface area (Å²) in [6.45, 7) is 0.752. The molecule has 2 aromatic rings. The third-order valence-corrected chi connectivity index (χ3v) is 4.23. The standard InChI is InChI=1S/C17H17BrN2O/c18-14-9-13(10-15(19)11-14)17(21)20-8-4-3-6-12-5-1-2-7-16(12)20/h1-2,5,7,9-11H,3-4,6,8,19H2. The minimum atomic E-state index is 0.0114. The van der Waals surface area contributed by atoms with Gasteiger partial charge in [0.2, 0.25) is 0 Å². The van der Waals surface area contributed by atoms with Gasteiger partial charge in [-0.15, -0.1) is 0 Å². The van der Waals surface area contributed by atoms with Crippen LogP contribution in [0.15, 0.2) is 46.9 Å². The molecule has 0 saturated heterocycles. The molecule has 0 unspecified atom stereocenters. The van der Waals surface area contributed by atoms with Crippen molar-refractivity contribution < 1.29 is 4.79 Å². The van der Waals surface area contributed by atoms with Crippen LogP contribution in [0.25, 0.3) is 0 Å². The van der Waals surface area contributed by atoms with Gasteiger partial charge in [-0.05, 0) is 49.1 Å². The van der Waals surface area contributed by atoms with Crippen molar-refractivity contribution in [2.75, 3.05) is 17.2 Å². The fraction of sp³-hybridized carbons (Fsp3) is 0.235. The molecule has 0 atom stereocenters. The number of halogens is 1. The molecule has 3 nitrogen and oxygen atoms in total. The zero-order chi connectivity index (χ0) is 14.8. The van der Waals surface area contributed by atoms with Crippen LogP contribution in [0, 0.1) is 0 Å². The number of carbonyl (C=O) groups excluding carboxylic acids is 1. The van der Waals surface area contributed by atoms with E-state index in [2.05, 4.69) is 22.0 Å². The second-order valence-corrected chi connectivity index (χ2v) is 6.23. The Hall–Kier alpha value is -1.81. The van der Waals surface area contributed by atoms with E-state index in [1.807, 2.05) is 29.2 Å². The van der Waals surface area contributed by atoms with Gasteiger partial charge in [0, 0.05) is 28.0 Å². The molecular formula is C17H17BrN2O. The van der Waals surface area contributed by atoms with Crippen LogP contribution in [0.1, 0.15) is 28.8 Å². The number of nitrogens with zero attached hydrogens (tertiary/aromatic N) is 1. The van der Waals surface area contributed by atoms with Crippen LogP contribution in [-0.4, -0.2) is 12.5 Å². The second kappa shape index (κ2) is 5.90. The number of rotatable bonds is 1. The Morgan fingerprint density at radius 2 is 1.95 bits per heavy atom. The Balaban J connectivity index is 2.01. The SMILES string of the molecule is Nc1cc(Br)cc(C(=O)N2CCCCc3ccccc32)c1. The van der Waals surface area contributed by atoms with E-state index in [0.717, 1.165) is 36.0 Å². The lowest BCUT2D eigenvalue weighted by atomic mass is 10.1. The van der Waals surface area contributed by atoms with Gasteiger partial charge in [-0.25, -0.2) is 0 Å². The Morgan fingerprint density at radius 3 is 2.76 bits per heavy atom. The minimum absolute atomic E-state index is 0.0114. The predicted molar refractivity (Wildman–Crippen MR) is 89.6 cm³/mol. The Kier molecular flexibility index (Phi) is 3.97. The van der Waals surface area contributed by atoms with E-state index in [1.54, 1.807) is 12.1 Å². The molecule has 0 saturated carbocycles. The van der Waals surface area contributed by atoms with Crippen molar-refractivity contribution in [1.29, 1.82) is 0 Å². The average Bonchev–Trinajstić information content (AvgIpc) is 2.68. The maximum atomic E-state index is 12.9. The van der Waals surface area contributed by atoms with E-state index in [0.29, 0.717) is 11.3 Å². The lowest BCUT2D eigenvalue weighted by Gasteiger charge is -2.23. The highest BCUT2D eigenvalue weighted by atomic mass is 79.9. The summed E-state index contributed by atoms with van der Waals surface area (Å²) in [6.07, 6.45) is 3.16. The third-order valence-electron chi connectivity index (χ3n) is 3.77. The monoisotopic (exact) mass is 344 g/mol. The van der Waals surface area contributed by atoms with Gasteiger partial charge in [0.1, 0.15) is 0 Å². The van der Waals surface area contributed by atoms with Crippen molar-refractivity contribution in [2.24, 2.45) is 0 Å². The maximum absolute atomic E-state index is 12.9. The highest BCUT2D eigenvalue weighted by molar-refractivity contribution is 9.10. The maximum Gasteiger partial charge on any atom is 0.258 e. The molecule has 1 aliphatic rings. The predicted octanol–water partition coefficient (Wildman–Crippen LogP) is 4.01. The van der Waals surface area contributed by atoms with E-state index in [-0.39, 0.29) is 5.91 Å².